The van der Waals surface area contributed by atoms with Gasteiger partial charge in [0, 0.05) is 24.2 Å². The lowest BCUT2D eigenvalue weighted by atomic mass is 10.1. The number of benzene rings is 1. The number of carbonyl (C=O) groups excluding carboxylic acids is 1. The van der Waals surface area contributed by atoms with E-state index in [1.165, 1.54) is 0 Å². The van der Waals surface area contributed by atoms with Crippen LogP contribution in [-0.2, 0) is 6.42 Å². The van der Waals surface area contributed by atoms with E-state index in [-0.39, 0.29) is 11.8 Å². The van der Waals surface area contributed by atoms with E-state index >= 15 is 0 Å². The number of nitrogens with zero attached hydrogens (tertiary/aromatic N) is 4. The van der Waals surface area contributed by atoms with Crippen molar-refractivity contribution in [2.24, 2.45) is 0 Å². The van der Waals surface area contributed by atoms with Gasteiger partial charge in [0.25, 0.3) is 5.91 Å². The molecule has 4 aromatic rings. The number of fused-ring (bicyclic) bond motifs is 1. The molecule has 0 radical (unpaired) electrons. The van der Waals surface area contributed by atoms with E-state index in [0.29, 0.717) is 29.5 Å². The van der Waals surface area contributed by atoms with Crippen molar-refractivity contribution in [3.05, 3.63) is 76.8 Å². The fourth-order valence-corrected chi connectivity index (χ4v) is 3.19. The number of nitrogens with one attached hydrogen (secondary N) is 1. The summed E-state index contributed by atoms with van der Waals surface area (Å²) in [6.45, 7) is 7.86. The molecule has 0 bridgehead atoms. The van der Waals surface area contributed by atoms with Crippen molar-refractivity contribution in [3.8, 4) is 0 Å². The van der Waals surface area contributed by atoms with Crippen molar-refractivity contribution >= 4 is 17.2 Å². The van der Waals surface area contributed by atoms with Crippen molar-refractivity contribution in [1.29, 1.82) is 0 Å². The maximum Gasteiger partial charge on any atom is 0.274 e. The fraction of sp³-hybridized carbons (Fsp3) is 0.273. The molecule has 0 aliphatic heterocycles. The molecule has 1 amide bonds. The first-order valence-corrected chi connectivity index (χ1v) is 9.59. The highest BCUT2D eigenvalue weighted by atomic mass is 16.5. The Balaban J connectivity index is 1.49. The number of pyridine rings is 1. The standard InChI is InChI=1S/C22H23N5O2/c1-13(2)22-25-18(26-29-22)11-16-6-8-17(9-7-16)24-21(28)20-15(4)23-19-10-5-14(3)12-27(19)20/h5-10,12-13H,11H2,1-4H3,(H,24,28). The molecule has 1 aromatic carbocycles. The highest BCUT2D eigenvalue weighted by molar-refractivity contribution is 6.04. The molecule has 4 rings (SSSR count). The van der Waals surface area contributed by atoms with Gasteiger partial charge in [-0.1, -0.05) is 37.2 Å². The zero-order valence-electron chi connectivity index (χ0n) is 16.9. The van der Waals surface area contributed by atoms with Crippen LogP contribution in [0.5, 0.6) is 0 Å². The predicted molar refractivity (Wildman–Crippen MR) is 110 cm³/mol. The van der Waals surface area contributed by atoms with Crippen LogP contribution in [-0.4, -0.2) is 25.4 Å². The van der Waals surface area contributed by atoms with Gasteiger partial charge < -0.3 is 9.84 Å². The largest absolute Gasteiger partial charge is 0.339 e. The van der Waals surface area contributed by atoms with Gasteiger partial charge >= 0.3 is 0 Å². The maximum atomic E-state index is 12.9. The monoisotopic (exact) mass is 389 g/mol. The lowest BCUT2D eigenvalue weighted by molar-refractivity contribution is 0.102. The van der Waals surface area contributed by atoms with E-state index < -0.39 is 0 Å². The Bertz CT molecular complexity index is 1170. The Morgan fingerprint density at radius 1 is 1.10 bits per heavy atom. The minimum absolute atomic E-state index is 0.187. The van der Waals surface area contributed by atoms with Gasteiger partial charge in [0.2, 0.25) is 5.89 Å². The van der Waals surface area contributed by atoms with Crippen LogP contribution in [0.3, 0.4) is 0 Å². The molecule has 29 heavy (non-hydrogen) atoms. The molecule has 3 heterocycles. The first-order valence-electron chi connectivity index (χ1n) is 9.59. The highest BCUT2D eigenvalue weighted by Gasteiger charge is 2.17. The van der Waals surface area contributed by atoms with Crippen LogP contribution in [0, 0.1) is 13.8 Å². The summed E-state index contributed by atoms with van der Waals surface area (Å²) in [4.78, 5) is 21.7. The number of aromatic nitrogens is 4. The summed E-state index contributed by atoms with van der Waals surface area (Å²) in [6.07, 6.45) is 2.50. The van der Waals surface area contributed by atoms with Gasteiger partial charge in [0.15, 0.2) is 5.82 Å². The molecule has 148 valence electrons. The zero-order valence-corrected chi connectivity index (χ0v) is 16.9. The molecule has 3 aromatic heterocycles. The second kappa shape index (κ2) is 7.50. The van der Waals surface area contributed by atoms with Gasteiger partial charge in [-0.2, -0.15) is 4.98 Å². The number of amides is 1. The van der Waals surface area contributed by atoms with E-state index in [9.17, 15) is 4.79 Å². The normalized spacial score (nSPS) is 11.3. The number of carbonyl (C=O) groups is 1. The lowest BCUT2D eigenvalue weighted by Gasteiger charge is -2.07. The second-order valence-corrected chi connectivity index (χ2v) is 7.51. The van der Waals surface area contributed by atoms with Crippen LogP contribution in [0.25, 0.3) is 5.65 Å². The molecule has 1 N–H and O–H groups in total. The number of hydrogen-bond acceptors (Lipinski definition) is 5. The van der Waals surface area contributed by atoms with Crippen LogP contribution in [0.15, 0.2) is 47.1 Å². The van der Waals surface area contributed by atoms with E-state index in [1.807, 2.05) is 74.7 Å². The van der Waals surface area contributed by atoms with Crippen LogP contribution >= 0.6 is 0 Å². The number of aryl methyl sites for hydroxylation is 2. The van der Waals surface area contributed by atoms with Crippen LogP contribution < -0.4 is 5.32 Å². The molecule has 0 saturated carbocycles. The quantitative estimate of drug-likeness (QED) is 0.550. The summed E-state index contributed by atoms with van der Waals surface area (Å²) in [7, 11) is 0. The third kappa shape index (κ3) is 3.89. The van der Waals surface area contributed by atoms with E-state index in [0.717, 1.165) is 22.5 Å². The Morgan fingerprint density at radius 2 is 1.86 bits per heavy atom. The molecular weight excluding hydrogens is 366 g/mol. The van der Waals surface area contributed by atoms with Crippen molar-refractivity contribution in [3.63, 3.8) is 0 Å². The molecule has 7 nitrogen and oxygen atoms in total. The third-order valence-corrected chi connectivity index (χ3v) is 4.71. The molecular formula is C22H23N5O2. The topological polar surface area (TPSA) is 85.3 Å². The maximum absolute atomic E-state index is 12.9. The first-order chi connectivity index (χ1) is 13.9. The second-order valence-electron chi connectivity index (χ2n) is 7.51. The van der Waals surface area contributed by atoms with Crippen molar-refractivity contribution in [2.75, 3.05) is 5.32 Å². The van der Waals surface area contributed by atoms with Gasteiger partial charge in [-0.25, -0.2) is 4.98 Å². The van der Waals surface area contributed by atoms with Crippen molar-refractivity contribution in [1.82, 2.24) is 19.5 Å². The molecule has 0 unspecified atom stereocenters. The van der Waals surface area contributed by atoms with Gasteiger partial charge in [0.1, 0.15) is 11.3 Å². The number of rotatable bonds is 5. The predicted octanol–water partition coefficient (Wildman–Crippen LogP) is 4.30. The molecule has 0 aliphatic carbocycles. The SMILES string of the molecule is Cc1ccc2nc(C)c(C(=O)Nc3ccc(Cc4noc(C(C)C)n4)cc3)n2c1. The number of hydrogen-bond donors (Lipinski definition) is 1. The summed E-state index contributed by atoms with van der Waals surface area (Å²) >= 11 is 0. The molecule has 0 saturated heterocycles. The first kappa shape index (κ1) is 18.9. The van der Waals surface area contributed by atoms with Gasteiger partial charge in [-0.15, -0.1) is 0 Å². The summed E-state index contributed by atoms with van der Waals surface area (Å²) in [5.41, 5.74) is 4.82. The molecule has 0 fully saturated rings. The van der Waals surface area contributed by atoms with E-state index in [1.54, 1.807) is 0 Å². The fourth-order valence-electron chi connectivity index (χ4n) is 3.19. The van der Waals surface area contributed by atoms with Crippen LogP contribution in [0.4, 0.5) is 5.69 Å². The molecule has 0 aliphatic rings. The number of imidazole rings is 1. The lowest BCUT2D eigenvalue weighted by Crippen LogP contribution is -2.15. The van der Waals surface area contributed by atoms with Gasteiger partial charge in [0.05, 0.1) is 5.69 Å². The third-order valence-electron chi connectivity index (χ3n) is 4.71. The molecule has 0 atom stereocenters. The summed E-state index contributed by atoms with van der Waals surface area (Å²) < 4.78 is 7.07. The van der Waals surface area contributed by atoms with E-state index in [2.05, 4.69) is 20.4 Å². The summed E-state index contributed by atoms with van der Waals surface area (Å²) in [6, 6.07) is 11.5. The van der Waals surface area contributed by atoms with Crippen LogP contribution in [0.1, 0.15) is 58.8 Å². The minimum atomic E-state index is -0.187. The average molecular weight is 389 g/mol. The Labute approximate surface area is 168 Å². The number of anilines is 1. The average Bonchev–Trinajstić information content (AvgIpc) is 3.27. The molecule has 7 heteroatoms. The smallest absolute Gasteiger partial charge is 0.274 e. The summed E-state index contributed by atoms with van der Waals surface area (Å²) in [5.74, 6) is 1.32. The zero-order chi connectivity index (χ0) is 20.5. The minimum Gasteiger partial charge on any atom is -0.339 e. The Hall–Kier alpha value is -3.48. The Kier molecular flexibility index (Phi) is 4.88. The summed E-state index contributed by atoms with van der Waals surface area (Å²) in [5, 5.41) is 6.97. The van der Waals surface area contributed by atoms with Crippen molar-refractivity contribution < 1.29 is 9.32 Å². The van der Waals surface area contributed by atoms with Gasteiger partial charge in [-0.3, -0.25) is 9.20 Å². The van der Waals surface area contributed by atoms with Gasteiger partial charge in [-0.05, 0) is 43.2 Å². The highest BCUT2D eigenvalue weighted by Crippen LogP contribution is 2.18. The van der Waals surface area contributed by atoms with E-state index in [4.69, 9.17) is 4.52 Å². The van der Waals surface area contributed by atoms with Crippen LogP contribution in [0.2, 0.25) is 0 Å². The Morgan fingerprint density at radius 3 is 2.55 bits per heavy atom. The van der Waals surface area contributed by atoms with Crippen molar-refractivity contribution in [2.45, 2.75) is 40.0 Å². The molecule has 0 spiro atoms.